The van der Waals surface area contributed by atoms with Crippen molar-refractivity contribution < 1.29 is 19.2 Å². The zero-order chi connectivity index (χ0) is 11.5. The predicted molar refractivity (Wildman–Crippen MR) is 51.0 cm³/mol. The van der Waals surface area contributed by atoms with Crippen LogP contribution in [0, 0.1) is 0 Å². The van der Waals surface area contributed by atoms with Crippen molar-refractivity contribution in [1.29, 1.82) is 0 Å². The lowest BCUT2D eigenvalue weighted by Gasteiger charge is -2.01. The van der Waals surface area contributed by atoms with Crippen LogP contribution in [0.4, 0.5) is 0 Å². The van der Waals surface area contributed by atoms with Gasteiger partial charge < -0.3 is 14.4 Å². The molecule has 0 atom stereocenters. The number of hydrogen-bond donors (Lipinski definition) is 1. The smallest absolute Gasteiger partial charge is 0.377 e. The molecule has 0 aliphatic heterocycles. The van der Waals surface area contributed by atoms with Gasteiger partial charge in [0.15, 0.2) is 0 Å². The quantitative estimate of drug-likeness (QED) is 0.819. The van der Waals surface area contributed by atoms with Crippen molar-refractivity contribution >= 4 is 5.97 Å². The molecule has 0 amide bonds. The van der Waals surface area contributed by atoms with Crippen molar-refractivity contribution in [2.24, 2.45) is 0 Å². The van der Waals surface area contributed by atoms with Crippen molar-refractivity contribution in [3.63, 3.8) is 0 Å². The molecule has 0 saturated heterocycles. The van der Waals surface area contributed by atoms with Gasteiger partial charge in [-0.3, -0.25) is 0 Å². The molecule has 82 valence electrons. The second-order valence-electron chi connectivity index (χ2n) is 2.79. The molecule has 2 rings (SSSR count). The summed E-state index contributed by atoms with van der Waals surface area (Å²) in [5.41, 5.74) is 0.449. The zero-order valence-electron chi connectivity index (χ0n) is 8.25. The molecule has 0 fully saturated rings. The van der Waals surface area contributed by atoms with Crippen LogP contribution in [0.15, 0.2) is 22.9 Å². The molecule has 7 heteroatoms. The number of rotatable bonds is 3. The van der Waals surface area contributed by atoms with E-state index in [2.05, 4.69) is 15.1 Å². The van der Waals surface area contributed by atoms with Crippen LogP contribution >= 0.6 is 0 Å². The molecule has 2 aromatic rings. The number of aromatic carboxylic acids is 1. The summed E-state index contributed by atoms with van der Waals surface area (Å²) >= 11 is 0. The van der Waals surface area contributed by atoms with E-state index in [0.29, 0.717) is 11.4 Å². The standard InChI is InChI=1S/C9H7N3O4/c1-15-7-5(3-2-4-10-7)8-11-6(9(13)14)12-16-8/h2-4H,1H3,(H,13,14). The van der Waals surface area contributed by atoms with Crippen LogP contribution in [0.3, 0.4) is 0 Å². The van der Waals surface area contributed by atoms with Crippen molar-refractivity contribution in [2.45, 2.75) is 0 Å². The first-order valence-electron chi connectivity index (χ1n) is 4.28. The third kappa shape index (κ3) is 1.70. The van der Waals surface area contributed by atoms with Crippen LogP contribution < -0.4 is 4.74 Å². The molecule has 0 spiro atoms. The maximum absolute atomic E-state index is 10.6. The summed E-state index contributed by atoms with van der Waals surface area (Å²) in [6, 6.07) is 3.30. The van der Waals surface area contributed by atoms with E-state index < -0.39 is 11.8 Å². The molecule has 7 nitrogen and oxygen atoms in total. The zero-order valence-corrected chi connectivity index (χ0v) is 8.25. The first-order chi connectivity index (χ1) is 7.72. The van der Waals surface area contributed by atoms with Crippen LogP contribution in [-0.2, 0) is 0 Å². The third-order valence-electron chi connectivity index (χ3n) is 1.81. The topological polar surface area (TPSA) is 98.3 Å². The maximum Gasteiger partial charge on any atom is 0.377 e. The minimum Gasteiger partial charge on any atom is -0.480 e. The van der Waals surface area contributed by atoms with Crippen molar-refractivity contribution in [3.8, 4) is 17.3 Å². The number of nitrogens with zero attached hydrogens (tertiary/aromatic N) is 3. The lowest BCUT2D eigenvalue weighted by Crippen LogP contribution is -1.98. The van der Waals surface area contributed by atoms with Crippen LogP contribution in [0.1, 0.15) is 10.6 Å². The Kier molecular flexibility index (Phi) is 2.50. The highest BCUT2D eigenvalue weighted by molar-refractivity contribution is 5.83. The summed E-state index contributed by atoms with van der Waals surface area (Å²) in [6.45, 7) is 0. The molecule has 0 unspecified atom stereocenters. The molecule has 2 heterocycles. The summed E-state index contributed by atoms with van der Waals surface area (Å²) in [4.78, 5) is 18.2. The van der Waals surface area contributed by atoms with Crippen molar-refractivity contribution in [2.75, 3.05) is 7.11 Å². The molecular weight excluding hydrogens is 214 g/mol. The number of carbonyl (C=O) groups is 1. The highest BCUT2D eigenvalue weighted by atomic mass is 16.5. The van der Waals surface area contributed by atoms with Gasteiger partial charge >= 0.3 is 5.97 Å². The summed E-state index contributed by atoms with van der Waals surface area (Å²) in [6.07, 6.45) is 1.54. The number of hydrogen-bond acceptors (Lipinski definition) is 6. The lowest BCUT2D eigenvalue weighted by atomic mass is 10.3. The Balaban J connectivity index is 2.46. The average Bonchev–Trinajstić information content (AvgIpc) is 2.78. The summed E-state index contributed by atoms with van der Waals surface area (Å²) in [5, 5.41) is 11.9. The van der Waals surface area contributed by atoms with Gasteiger partial charge in [0.2, 0.25) is 5.88 Å². The molecule has 2 aromatic heterocycles. The van der Waals surface area contributed by atoms with Crippen molar-refractivity contribution in [1.82, 2.24) is 15.1 Å². The second kappa shape index (κ2) is 3.97. The number of carboxylic acid groups (broad SMARTS) is 1. The van der Waals surface area contributed by atoms with Gasteiger partial charge in [0.05, 0.1) is 7.11 Å². The van der Waals surface area contributed by atoms with E-state index in [1.165, 1.54) is 13.3 Å². The fourth-order valence-electron chi connectivity index (χ4n) is 1.14. The van der Waals surface area contributed by atoms with Gasteiger partial charge in [0.25, 0.3) is 11.7 Å². The number of aromatic nitrogens is 3. The van der Waals surface area contributed by atoms with E-state index in [4.69, 9.17) is 14.4 Å². The van der Waals surface area contributed by atoms with Crippen LogP contribution in [0.5, 0.6) is 5.88 Å². The molecular formula is C9H7N3O4. The number of carboxylic acids is 1. The Labute approximate surface area is 89.7 Å². The molecule has 0 aliphatic rings. The fraction of sp³-hybridized carbons (Fsp3) is 0.111. The van der Waals surface area contributed by atoms with Gasteiger partial charge in [-0.1, -0.05) is 0 Å². The highest BCUT2D eigenvalue weighted by Crippen LogP contribution is 2.25. The monoisotopic (exact) mass is 221 g/mol. The average molecular weight is 221 g/mol. The molecule has 0 aliphatic carbocycles. The maximum atomic E-state index is 10.6. The minimum absolute atomic E-state index is 0.0577. The Morgan fingerprint density at radius 2 is 2.38 bits per heavy atom. The number of ether oxygens (including phenoxy) is 1. The number of pyridine rings is 1. The minimum atomic E-state index is -1.25. The lowest BCUT2D eigenvalue weighted by molar-refractivity contribution is 0.0680. The molecule has 0 bridgehead atoms. The normalized spacial score (nSPS) is 10.1. The largest absolute Gasteiger partial charge is 0.480 e. The number of methoxy groups -OCH3 is 1. The predicted octanol–water partition coefficient (Wildman–Crippen LogP) is 0.838. The molecule has 16 heavy (non-hydrogen) atoms. The van der Waals surface area contributed by atoms with E-state index >= 15 is 0 Å². The van der Waals surface area contributed by atoms with Gasteiger partial charge in [0, 0.05) is 6.20 Å². The fourth-order valence-corrected chi connectivity index (χ4v) is 1.14. The second-order valence-corrected chi connectivity index (χ2v) is 2.79. The van der Waals surface area contributed by atoms with Gasteiger partial charge in [-0.05, 0) is 17.3 Å². The van der Waals surface area contributed by atoms with E-state index in [0.717, 1.165) is 0 Å². The SMILES string of the molecule is COc1ncccc1-c1nc(C(=O)O)no1. The van der Waals surface area contributed by atoms with E-state index in [1.54, 1.807) is 12.1 Å². The Morgan fingerprint density at radius 1 is 1.56 bits per heavy atom. The molecule has 0 radical (unpaired) electrons. The summed E-state index contributed by atoms with van der Waals surface area (Å²) < 4.78 is 9.78. The van der Waals surface area contributed by atoms with Gasteiger partial charge in [-0.15, -0.1) is 0 Å². The first kappa shape index (κ1) is 10.1. The third-order valence-corrected chi connectivity index (χ3v) is 1.81. The van der Waals surface area contributed by atoms with Gasteiger partial charge in [-0.2, -0.15) is 4.98 Å². The molecule has 0 aromatic carbocycles. The van der Waals surface area contributed by atoms with E-state index in [1.807, 2.05) is 0 Å². The Hall–Kier alpha value is -2.44. The molecule has 0 saturated carbocycles. The molecule has 1 N–H and O–H groups in total. The van der Waals surface area contributed by atoms with Crippen LogP contribution in [0.25, 0.3) is 11.5 Å². The van der Waals surface area contributed by atoms with Crippen LogP contribution in [-0.4, -0.2) is 33.3 Å². The van der Waals surface area contributed by atoms with E-state index in [-0.39, 0.29) is 5.89 Å². The van der Waals surface area contributed by atoms with Gasteiger partial charge in [-0.25, -0.2) is 9.78 Å². The Bertz CT molecular complexity index is 523. The van der Waals surface area contributed by atoms with Crippen molar-refractivity contribution in [3.05, 3.63) is 24.2 Å². The highest BCUT2D eigenvalue weighted by Gasteiger charge is 2.17. The van der Waals surface area contributed by atoms with E-state index in [9.17, 15) is 4.79 Å². The Morgan fingerprint density at radius 3 is 3.00 bits per heavy atom. The van der Waals surface area contributed by atoms with Gasteiger partial charge in [0.1, 0.15) is 5.56 Å². The first-order valence-corrected chi connectivity index (χ1v) is 4.28. The van der Waals surface area contributed by atoms with Crippen LogP contribution in [0.2, 0.25) is 0 Å². The summed E-state index contributed by atoms with van der Waals surface area (Å²) in [5.74, 6) is -1.30. The summed E-state index contributed by atoms with van der Waals surface area (Å²) in [7, 11) is 1.44.